The Morgan fingerprint density at radius 1 is 0.667 bits per heavy atom. The third kappa shape index (κ3) is 2.05. The first-order chi connectivity index (χ1) is 10.3. The van der Waals surface area contributed by atoms with Crippen LogP contribution < -0.4 is 0 Å². The summed E-state index contributed by atoms with van der Waals surface area (Å²) in [5.41, 5.74) is 1.94. The molecular weight excluding hydrogens is 280 g/mol. The molecule has 4 aromatic rings. The number of nitrogens with zero attached hydrogens (tertiary/aromatic N) is 2. The summed E-state index contributed by atoms with van der Waals surface area (Å²) >= 11 is 5.86. The van der Waals surface area contributed by atoms with Crippen molar-refractivity contribution in [2.45, 2.75) is 0 Å². The van der Waals surface area contributed by atoms with E-state index in [1.807, 2.05) is 18.2 Å². The molecule has 0 aliphatic carbocycles. The van der Waals surface area contributed by atoms with Crippen molar-refractivity contribution in [3.63, 3.8) is 0 Å². The van der Waals surface area contributed by atoms with Gasteiger partial charge < -0.3 is 0 Å². The summed E-state index contributed by atoms with van der Waals surface area (Å²) < 4.78 is 0. The zero-order chi connectivity index (χ0) is 14.2. The summed E-state index contributed by atoms with van der Waals surface area (Å²) in [5.74, 6) is 0. The third-order valence-corrected chi connectivity index (χ3v) is 3.86. The molecule has 0 aliphatic heterocycles. The van der Waals surface area contributed by atoms with Crippen molar-refractivity contribution in [3.05, 3.63) is 71.9 Å². The highest BCUT2D eigenvalue weighted by Crippen LogP contribution is 2.35. The Balaban J connectivity index is 2.18. The largest absolute Gasteiger partial charge is 0.151 e. The van der Waals surface area contributed by atoms with Gasteiger partial charge in [-0.25, -0.2) is 0 Å². The summed E-state index contributed by atoms with van der Waals surface area (Å²) in [6, 6.07) is 22.6. The van der Waals surface area contributed by atoms with Crippen LogP contribution >= 0.6 is 11.6 Å². The molecular formula is C18H11ClN2. The monoisotopic (exact) mass is 290 g/mol. The lowest BCUT2D eigenvalue weighted by Crippen LogP contribution is -1.90. The fourth-order valence-electron chi connectivity index (χ4n) is 2.74. The number of hydrogen-bond donors (Lipinski definition) is 0. The molecule has 0 radical (unpaired) electrons. The molecule has 0 aliphatic rings. The first-order valence-electron chi connectivity index (χ1n) is 6.73. The van der Waals surface area contributed by atoms with Crippen molar-refractivity contribution in [1.29, 1.82) is 0 Å². The molecule has 0 saturated heterocycles. The van der Waals surface area contributed by atoms with E-state index in [4.69, 9.17) is 11.6 Å². The smallest absolute Gasteiger partial charge is 0.149 e. The predicted molar refractivity (Wildman–Crippen MR) is 87.5 cm³/mol. The van der Waals surface area contributed by atoms with Crippen molar-refractivity contribution < 1.29 is 0 Å². The molecule has 0 amide bonds. The van der Waals surface area contributed by atoms with E-state index in [-0.39, 0.29) is 0 Å². The van der Waals surface area contributed by atoms with Crippen LogP contribution in [0, 0.1) is 0 Å². The maximum Gasteiger partial charge on any atom is 0.151 e. The normalized spacial score (nSPS) is 11.1. The number of halogens is 1. The summed E-state index contributed by atoms with van der Waals surface area (Å²) in [4.78, 5) is 0. The van der Waals surface area contributed by atoms with Crippen LogP contribution in [0.1, 0.15) is 0 Å². The van der Waals surface area contributed by atoms with Gasteiger partial charge >= 0.3 is 0 Å². The van der Waals surface area contributed by atoms with Crippen LogP contribution in [0.2, 0.25) is 5.15 Å². The molecule has 0 N–H and O–H groups in total. The Hall–Kier alpha value is -2.45. The number of aromatic nitrogens is 2. The van der Waals surface area contributed by atoms with Gasteiger partial charge in [-0.05, 0) is 39.7 Å². The van der Waals surface area contributed by atoms with Gasteiger partial charge in [0, 0.05) is 5.56 Å². The lowest BCUT2D eigenvalue weighted by Gasteiger charge is -2.10. The quantitative estimate of drug-likeness (QED) is 0.456. The van der Waals surface area contributed by atoms with Crippen molar-refractivity contribution >= 4 is 33.1 Å². The second-order valence-electron chi connectivity index (χ2n) is 4.94. The van der Waals surface area contributed by atoms with E-state index in [9.17, 15) is 0 Å². The average Bonchev–Trinajstić information content (AvgIpc) is 2.53. The molecule has 0 atom stereocenters. The van der Waals surface area contributed by atoms with E-state index in [1.54, 1.807) is 6.07 Å². The Labute approximate surface area is 127 Å². The molecule has 4 rings (SSSR count). The minimum atomic E-state index is 0.406. The van der Waals surface area contributed by atoms with Gasteiger partial charge in [-0.15, -0.1) is 10.2 Å². The van der Waals surface area contributed by atoms with Crippen LogP contribution in [-0.4, -0.2) is 10.2 Å². The van der Waals surface area contributed by atoms with E-state index >= 15 is 0 Å². The van der Waals surface area contributed by atoms with Gasteiger partial charge in [-0.2, -0.15) is 0 Å². The van der Waals surface area contributed by atoms with E-state index in [0.717, 1.165) is 11.3 Å². The van der Waals surface area contributed by atoms with E-state index in [0.29, 0.717) is 5.15 Å². The molecule has 21 heavy (non-hydrogen) atoms. The highest BCUT2D eigenvalue weighted by atomic mass is 35.5. The number of rotatable bonds is 1. The number of benzene rings is 3. The van der Waals surface area contributed by atoms with Crippen LogP contribution in [0.4, 0.5) is 0 Å². The van der Waals surface area contributed by atoms with Crippen LogP contribution in [0.25, 0.3) is 32.8 Å². The van der Waals surface area contributed by atoms with Crippen molar-refractivity contribution in [3.8, 4) is 11.3 Å². The number of hydrogen-bond acceptors (Lipinski definition) is 2. The molecule has 3 aromatic carbocycles. The van der Waals surface area contributed by atoms with Gasteiger partial charge in [0.2, 0.25) is 0 Å². The molecule has 3 heteroatoms. The maximum atomic E-state index is 5.86. The van der Waals surface area contributed by atoms with Crippen LogP contribution in [0.15, 0.2) is 66.7 Å². The summed E-state index contributed by atoms with van der Waals surface area (Å²) in [5, 5.41) is 13.4. The van der Waals surface area contributed by atoms with Gasteiger partial charge in [0.1, 0.15) is 0 Å². The molecule has 100 valence electrons. The van der Waals surface area contributed by atoms with E-state index in [2.05, 4.69) is 52.7 Å². The minimum Gasteiger partial charge on any atom is -0.149 e. The highest BCUT2D eigenvalue weighted by molar-refractivity contribution is 6.29. The first kappa shape index (κ1) is 12.3. The van der Waals surface area contributed by atoms with Gasteiger partial charge in [0.15, 0.2) is 5.15 Å². The first-order valence-corrected chi connectivity index (χ1v) is 7.11. The van der Waals surface area contributed by atoms with Crippen molar-refractivity contribution in [2.24, 2.45) is 0 Å². The van der Waals surface area contributed by atoms with E-state index < -0.39 is 0 Å². The second kappa shape index (κ2) is 4.83. The fourth-order valence-corrected chi connectivity index (χ4v) is 2.84. The molecule has 0 unspecified atom stereocenters. The zero-order valence-corrected chi connectivity index (χ0v) is 11.9. The minimum absolute atomic E-state index is 0.406. The van der Waals surface area contributed by atoms with Crippen LogP contribution in [0.3, 0.4) is 0 Å². The second-order valence-corrected chi connectivity index (χ2v) is 5.32. The molecule has 0 spiro atoms. The summed E-state index contributed by atoms with van der Waals surface area (Å²) in [7, 11) is 0. The van der Waals surface area contributed by atoms with Crippen LogP contribution in [0.5, 0.6) is 0 Å². The highest BCUT2D eigenvalue weighted by Gasteiger charge is 2.10. The molecule has 0 fully saturated rings. The fraction of sp³-hybridized carbons (Fsp3) is 0. The van der Waals surface area contributed by atoms with Gasteiger partial charge in [0.05, 0.1) is 5.69 Å². The number of fused-ring (bicyclic) bond motifs is 2. The van der Waals surface area contributed by atoms with Crippen molar-refractivity contribution in [1.82, 2.24) is 10.2 Å². The molecule has 0 bridgehead atoms. The molecule has 1 heterocycles. The summed E-state index contributed by atoms with van der Waals surface area (Å²) in [6.45, 7) is 0. The van der Waals surface area contributed by atoms with Gasteiger partial charge in [-0.3, -0.25) is 0 Å². The Bertz CT molecular complexity index is 892. The van der Waals surface area contributed by atoms with Gasteiger partial charge in [-0.1, -0.05) is 60.1 Å². The van der Waals surface area contributed by atoms with Crippen molar-refractivity contribution in [2.75, 3.05) is 0 Å². The predicted octanol–water partition coefficient (Wildman–Crippen LogP) is 5.10. The Morgan fingerprint density at radius 3 is 1.86 bits per heavy atom. The lowest BCUT2D eigenvalue weighted by atomic mass is 9.95. The van der Waals surface area contributed by atoms with Gasteiger partial charge in [0.25, 0.3) is 0 Å². The zero-order valence-electron chi connectivity index (χ0n) is 11.1. The third-order valence-electron chi connectivity index (χ3n) is 3.66. The molecule has 0 saturated carbocycles. The molecule has 1 aromatic heterocycles. The Kier molecular flexibility index (Phi) is 2.83. The topological polar surface area (TPSA) is 25.8 Å². The van der Waals surface area contributed by atoms with E-state index in [1.165, 1.54) is 21.5 Å². The standard InChI is InChI=1S/C18H11ClN2/c19-17-10-9-16(20-21-17)18-14-7-3-1-5-12(14)11-13-6-2-4-8-15(13)18/h1-11H. The van der Waals surface area contributed by atoms with Crippen LogP contribution in [-0.2, 0) is 0 Å². The maximum absolute atomic E-state index is 5.86. The molecule has 2 nitrogen and oxygen atoms in total. The average molecular weight is 291 g/mol. The Morgan fingerprint density at radius 2 is 1.29 bits per heavy atom. The SMILES string of the molecule is Clc1ccc(-c2c3ccccc3cc3ccccc23)nn1. The summed E-state index contributed by atoms with van der Waals surface area (Å²) in [6.07, 6.45) is 0. The lowest BCUT2D eigenvalue weighted by molar-refractivity contribution is 1.04.